The van der Waals surface area contributed by atoms with E-state index in [1.807, 2.05) is 12.1 Å². The fourth-order valence-electron chi connectivity index (χ4n) is 2.62. The van der Waals surface area contributed by atoms with Crippen molar-refractivity contribution in [3.8, 4) is 11.8 Å². The fraction of sp³-hybridized carbons (Fsp3) is 0.588. The normalized spacial score (nSPS) is 18.1. The number of ether oxygens (including phenoxy) is 1. The maximum Gasteiger partial charge on any atom is 0.119 e. The van der Waals surface area contributed by atoms with Gasteiger partial charge in [-0.2, -0.15) is 5.26 Å². The van der Waals surface area contributed by atoms with Gasteiger partial charge in [-0.3, -0.25) is 4.90 Å². The molecule has 1 N–H and O–H groups in total. The van der Waals surface area contributed by atoms with Gasteiger partial charge in [0.05, 0.1) is 24.7 Å². The molecule has 0 radical (unpaired) electrons. The monoisotopic (exact) mass is 288 g/mol. The van der Waals surface area contributed by atoms with Gasteiger partial charge in [0.2, 0.25) is 0 Å². The number of benzene rings is 1. The van der Waals surface area contributed by atoms with E-state index in [2.05, 4.69) is 30.0 Å². The molecule has 1 heterocycles. The SMILES string of the molecule is CCCOc1ccc(CN2CCC(O)(CC#N)CC2)cc1. The second-order valence-electron chi connectivity index (χ2n) is 5.83. The number of rotatable bonds is 6. The largest absolute Gasteiger partial charge is 0.494 e. The molecule has 1 saturated heterocycles. The van der Waals surface area contributed by atoms with E-state index in [4.69, 9.17) is 10.00 Å². The topological polar surface area (TPSA) is 56.5 Å². The Morgan fingerprint density at radius 2 is 1.95 bits per heavy atom. The summed E-state index contributed by atoms with van der Waals surface area (Å²) in [5, 5.41) is 18.9. The Morgan fingerprint density at radius 1 is 1.29 bits per heavy atom. The van der Waals surface area contributed by atoms with Crippen LogP contribution < -0.4 is 4.74 Å². The van der Waals surface area contributed by atoms with Crippen molar-refractivity contribution in [3.63, 3.8) is 0 Å². The molecule has 114 valence electrons. The summed E-state index contributed by atoms with van der Waals surface area (Å²) in [6, 6.07) is 10.3. The van der Waals surface area contributed by atoms with Gasteiger partial charge in [-0.05, 0) is 37.0 Å². The van der Waals surface area contributed by atoms with Crippen molar-refractivity contribution in [1.29, 1.82) is 5.26 Å². The van der Waals surface area contributed by atoms with Crippen molar-refractivity contribution in [2.24, 2.45) is 0 Å². The first-order valence-corrected chi connectivity index (χ1v) is 7.68. The van der Waals surface area contributed by atoms with Crippen molar-refractivity contribution < 1.29 is 9.84 Å². The molecule has 0 aromatic heterocycles. The average Bonchev–Trinajstić information content (AvgIpc) is 2.49. The molecule has 2 rings (SSSR count). The van der Waals surface area contributed by atoms with Crippen LogP contribution in [0.15, 0.2) is 24.3 Å². The summed E-state index contributed by atoms with van der Waals surface area (Å²) >= 11 is 0. The third-order valence-corrected chi connectivity index (χ3v) is 4.00. The smallest absolute Gasteiger partial charge is 0.119 e. The van der Waals surface area contributed by atoms with Crippen LogP contribution >= 0.6 is 0 Å². The number of hydrogen-bond acceptors (Lipinski definition) is 4. The third kappa shape index (κ3) is 4.73. The Hall–Kier alpha value is -1.57. The lowest BCUT2D eigenvalue weighted by molar-refractivity contribution is -0.0190. The Bertz CT molecular complexity index is 471. The van der Waals surface area contributed by atoms with Gasteiger partial charge in [0.1, 0.15) is 5.75 Å². The first-order chi connectivity index (χ1) is 10.1. The summed E-state index contributed by atoms with van der Waals surface area (Å²) in [6.07, 6.45) is 2.61. The van der Waals surface area contributed by atoms with Crippen LogP contribution in [0, 0.1) is 11.3 Å². The molecule has 0 unspecified atom stereocenters. The molecule has 0 amide bonds. The van der Waals surface area contributed by atoms with Crippen LogP contribution in [0.4, 0.5) is 0 Å². The fourth-order valence-corrected chi connectivity index (χ4v) is 2.62. The predicted octanol–water partition coefficient (Wildman–Crippen LogP) is 2.72. The van der Waals surface area contributed by atoms with Crippen LogP contribution in [0.3, 0.4) is 0 Å². The van der Waals surface area contributed by atoms with Crippen molar-refractivity contribution in [2.75, 3.05) is 19.7 Å². The predicted molar refractivity (Wildman–Crippen MR) is 81.9 cm³/mol. The number of likely N-dealkylation sites (tertiary alicyclic amines) is 1. The highest BCUT2D eigenvalue weighted by Gasteiger charge is 2.31. The molecule has 1 aliphatic rings. The minimum absolute atomic E-state index is 0.240. The van der Waals surface area contributed by atoms with Crippen LogP contribution in [0.1, 0.15) is 38.2 Å². The molecule has 1 aromatic carbocycles. The standard InChI is InChI=1S/C17H24N2O2/c1-2-13-21-16-5-3-15(4-6-16)14-19-11-8-17(20,7-10-18)9-12-19/h3-6,20H,2,7-9,11-14H2,1H3. The second-order valence-corrected chi connectivity index (χ2v) is 5.83. The highest BCUT2D eigenvalue weighted by Crippen LogP contribution is 2.26. The van der Waals surface area contributed by atoms with Gasteiger partial charge in [0, 0.05) is 19.6 Å². The van der Waals surface area contributed by atoms with E-state index < -0.39 is 5.60 Å². The zero-order chi connectivity index (χ0) is 15.1. The molecule has 0 saturated carbocycles. The molecule has 4 heteroatoms. The molecule has 1 aliphatic heterocycles. The van der Waals surface area contributed by atoms with Gasteiger partial charge in [-0.15, -0.1) is 0 Å². The van der Waals surface area contributed by atoms with Crippen molar-refractivity contribution in [2.45, 2.75) is 44.8 Å². The van der Waals surface area contributed by atoms with Crippen LogP contribution in [-0.2, 0) is 6.54 Å². The lowest BCUT2D eigenvalue weighted by Crippen LogP contribution is -2.43. The van der Waals surface area contributed by atoms with E-state index in [9.17, 15) is 5.11 Å². The van der Waals surface area contributed by atoms with Crippen molar-refractivity contribution in [1.82, 2.24) is 4.90 Å². The molecule has 0 atom stereocenters. The average molecular weight is 288 g/mol. The first-order valence-electron chi connectivity index (χ1n) is 7.68. The summed E-state index contributed by atoms with van der Waals surface area (Å²) in [5.74, 6) is 0.919. The summed E-state index contributed by atoms with van der Waals surface area (Å²) in [5.41, 5.74) is 0.480. The summed E-state index contributed by atoms with van der Waals surface area (Å²) in [4.78, 5) is 2.33. The minimum atomic E-state index is -0.775. The van der Waals surface area contributed by atoms with E-state index in [1.165, 1.54) is 5.56 Å². The van der Waals surface area contributed by atoms with Crippen LogP contribution in [0.5, 0.6) is 5.75 Å². The number of nitrogens with zero attached hydrogens (tertiary/aromatic N) is 2. The maximum absolute atomic E-state index is 10.2. The van der Waals surface area contributed by atoms with Crippen LogP contribution in [-0.4, -0.2) is 35.3 Å². The summed E-state index contributed by atoms with van der Waals surface area (Å²) in [7, 11) is 0. The molecule has 4 nitrogen and oxygen atoms in total. The maximum atomic E-state index is 10.2. The van der Waals surface area contributed by atoms with Crippen molar-refractivity contribution >= 4 is 0 Å². The molecular formula is C17H24N2O2. The second kappa shape index (κ2) is 7.44. The van der Waals surface area contributed by atoms with Gasteiger partial charge in [-0.1, -0.05) is 19.1 Å². The lowest BCUT2D eigenvalue weighted by atomic mass is 9.88. The number of aliphatic hydroxyl groups is 1. The van der Waals surface area contributed by atoms with Crippen LogP contribution in [0.2, 0.25) is 0 Å². The van der Waals surface area contributed by atoms with Gasteiger partial charge in [-0.25, -0.2) is 0 Å². The highest BCUT2D eigenvalue weighted by atomic mass is 16.5. The first kappa shape index (κ1) is 15.8. The Balaban J connectivity index is 1.82. The van der Waals surface area contributed by atoms with Gasteiger partial charge < -0.3 is 9.84 Å². The van der Waals surface area contributed by atoms with Crippen molar-refractivity contribution in [3.05, 3.63) is 29.8 Å². The Kier molecular flexibility index (Phi) is 5.60. The van der Waals surface area contributed by atoms with Gasteiger partial charge in [0.15, 0.2) is 0 Å². The van der Waals surface area contributed by atoms with E-state index in [1.54, 1.807) is 0 Å². The van der Waals surface area contributed by atoms with Gasteiger partial charge in [0.25, 0.3) is 0 Å². The lowest BCUT2D eigenvalue weighted by Gasteiger charge is -2.36. The molecule has 1 fully saturated rings. The molecule has 0 aliphatic carbocycles. The zero-order valence-corrected chi connectivity index (χ0v) is 12.7. The number of nitriles is 1. The number of piperidine rings is 1. The quantitative estimate of drug-likeness (QED) is 0.874. The third-order valence-electron chi connectivity index (χ3n) is 4.00. The molecule has 0 bridgehead atoms. The Morgan fingerprint density at radius 3 is 2.52 bits per heavy atom. The summed E-state index contributed by atoms with van der Waals surface area (Å²) < 4.78 is 5.58. The Labute approximate surface area is 127 Å². The molecule has 0 spiro atoms. The molecule has 1 aromatic rings. The van der Waals surface area contributed by atoms with E-state index in [0.717, 1.165) is 38.4 Å². The number of hydrogen-bond donors (Lipinski definition) is 1. The molecule has 21 heavy (non-hydrogen) atoms. The molecular weight excluding hydrogens is 264 g/mol. The van der Waals surface area contributed by atoms with E-state index in [-0.39, 0.29) is 6.42 Å². The van der Waals surface area contributed by atoms with Crippen LogP contribution in [0.25, 0.3) is 0 Å². The highest BCUT2D eigenvalue weighted by molar-refractivity contribution is 5.27. The van der Waals surface area contributed by atoms with E-state index in [0.29, 0.717) is 12.8 Å². The minimum Gasteiger partial charge on any atom is -0.494 e. The zero-order valence-electron chi connectivity index (χ0n) is 12.7. The van der Waals surface area contributed by atoms with Gasteiger partial charge >= 0.3 is 0 Å². The van der Waals surface area contributed by atoms with E-state index >= 15 is 0 Å². The summed E-state index contributed by atoms with van der Waals surface area (Å²) in [6.45, 7) is 5.41.